The largest absolute Gasteiger partial charge is 0.384 e. The van der Waals surface area contributed by atoms with Crippen molar-refractivity contribution in [1.82, 2.24) is 9.88 Å². The molecule has 0 unspecified atom stereocenters. The van der Waals surface area contributed by atoms with E-state index < -0.39 is 5.92 Å². The van der Waals surface area contributed by atoms with Gasteiger partial charge in [0.25, 0.3) is 0 Å². The van der Waals surface area contributed by atoms with Crippen LogP contribution in [-0.4, -0.2) is 41.4 Å². The maximum absolute atomic E-state index is 13.2. The van der Waals surface area contributed by atoms with E-state index in [1.807, 2.05) is 6.07 Å². The van der Waals surface area contributed by atoms with Crippen LogP contribution in [0.4, 0.5) is 14.6 Å². The first kappa shape index (κ1) is 16.1. The summed E-state index contributed by atoms with van der Waals surface area (Å²) in [4.78, 5) is 18.5. The summed E-state index contributed by atoms with van der Waals surface area (Å²) in [6, 6.07) is 5.30. The van der Waals surface area contributed by atoms with E-state index in [4.69, 9.17) is 10.5 Å². The van der Waals surface area contributed by atoms with Gasteiger partial charge >= 0.3 is 0 Å². The SMILES string of the molecule is Nc1cccc([C@@H]2CN(C(=O)C3CCC(F)(F)CC3)CCO2)n1. The van der Waals surface area contributed by atoms with E-state index in [2.05, 4.69) is 4.98 Å². The van der Waals surface area contributed by atoms with Gasteiger partial charge in [0.05, 0.1) is 18.8 Å². The number of pyridine rings is 1. The number of anilines is 1. The quantitative estimate of drug-likeness (QED) is 0.906. The number of halogens is 2. The molecule has 1 aliphatic heterocycles. The minimum absolute atomic E-state index is 0.0438. The predicted octanol–water partition coefficient (Wildman–Crippen LogP) is 2.39. The Kier molecular flexibility index (Phi) is 4.48. The van der Waals surface area contributed by atoms with Gasteiger partial charge in [0.2, 0.25) is 11.8 Å². The third kappa shape index (κ3) is 3.77. The minimum atomic E-state index is -2.62. The number of ether oxygens (including phenoxy) is 1. The molecule has 1 amide bonds. The van der Waals surface area contributed by atoms with Gasteiger partial charge in [-0.25, -0.2) is 13.8 Å². The second-order valence-electron chi connectivity index (χ2n) is 6.26. The Labute approximate surface area is 133 Å². The smallest absolute Gasteiger partial charge is 0.248 e. The number of hydrogen-bond donors (Lipinski definition) is 1. The summed E-state index contributed by atoms with van der Waals surface area (Å²) in [5, 5.41) is 0. The van der Waals surface area contributed by atoms with Crippen molar-refractivity contribution in [1.29, 1.82) is 0 Å². The highest BCUT2D eigenvalue weighted by Crippen LogP contribution is 2.37. The summed E-state index contributed by atoms with van der Waals surface area (Å²) < 4.78 is 32.2. The number of nitrogens with two attached hydrogens (primary N) is 1. The third-order valence-corrected chi connectivity index (χ3v) is 4.57. The molecule has 126 valence electrons. The number of alkyl halides is 2. The Hall–Kier alpha value is -1.76. The van der Waals surface area contributed by atoms with Gasteiger partial charge in [0.15, 0.2) is 0 Å². The first-order valence-electron chi connectivity index (χ1n) is 7.95. The van der Waals surface area contributed by atoms with Crippen molar-refractivity contribution in [3.63, 3.8) is 0 Å². The van der Waals surface area contributed by atoms with E-state index in [-0.39, 0.29) is 43.6 Å². The predicted molar refractivity (Wildman–Crippen MR) is 80.8 cm³/mol. The van der Waals surface area contributed by atoms with Gasteiger partial charge < -0.3 is 15.4 Å². The molecule has 0 radical (unpaired) electrons. The number of nitrogen functional groups attached to an aromatic ring is 1. The van der Waals surface area contributed by atoms with Crippen LogP contribution in [0.15, 0.2) is 18.2 Å². The van der Waals surface area contributed by atoms with Crippen LogP contribution in [0.1, 0.15) is 37.5 Å². The van der Waals surface area contributed by atoms with Crippen LogP contribution in [0, 0.1) is 5.92 Å². The second kappa shape index (κ2) is 6.39. The lowest BCUT2D eigenvalue weighted by Gasteiger charge is -2.36. The first-order chi connectivity index (χ1) is 10.9. The lowest BCUT2D eigenvalue weighted by Crippen LogP contribution is -2.46. The number of rotatable bonds is 2. The number of hydrogen-bond acceptors (Lipinski definition) is 4. The molecule has 1 aromatic heterocycles. The van der Waals surface area contributed by atoms with E-state index in [9.17, 15) is 13.6 Å². The number of morpholine rings is 1. The van der Waals surface area contributed by atoms with Gasteiger partial charge in [0, 0.05) is 25.3 Å². The average Bonchev–Trinajstić information content (AvgIpc) is 2.54. The molecule has 0 spiro atoms. The zero-order chi connectivity index (χ0) is 16.4. The van der Waals surface area contributed by atoms with Gasteiger partial charge in [-0.2, -0.15) is 0 Å². The number of nitrogens with zero attached hydrogens (tertiary/aromatic N) is 2. The fourth-order valence-electron chi connectivity index (χ4n) is 3.22. The molecule has 1 aromatic rings. The number of amides is 1. The summed E-state index contributed by atoms with van der Waals surface area (Å²) >= 11 is 0. The molecule has 23 heavy (non-hydrogen) atoms. The van der Waals surface area contributed by atoms with E-state index in [1.165, 1.54) is 0 Å². The van der Waals surface area contributed by atoms with Crippen LogP contribution in [0.25, 0.3) is 0 Å². The Morgan fingerprint density at radius 2 is 2.09 bits per heavy atom. The van der Waals surface area contributed by atoms with E-state index in [0.29, 0.717) is 31.2 Å². The monoisotopic (exact) mass is 325 g/mol. The van der Waals surface area contributed by atoms with Crippen molar-refractivity contribution in [2.24, 2.45) is 5.92 Å². The molecule has 2 N–H and O–H groups in total. The zero-order valence-electron chi connectivity index (χ0n) is 12.9. The molecule has 5 nitrogen and oxygen atoms in total. The van der Waals surface area contributed by atoms with Crippen LogP contribution in [-0.2, 0) is 9.53 Å². The Morgan fingerprint density at radius 1 is 1.35 bits per heavy atom. The molecular formula is C16H21F2N3O2. The van der Waals surface area contributed by atoms with Crippen LogP contribution in [0.3, 0.4) is 0 Å². The minimum Gasteiger partial charge on any atom is -0.384 e. The highest BCUT2D eigenvalue weighted by atomic mass is 19.3. The number of carbonyl (C=O) groups is 1. The molecule has 0 bridgehead atoms. The maximum Gasteiger partial charge on any atom is 0.248 e. The summed E-state index contributed by atoms with van der Waals surface area (Å²) in [6.07, 6.45) is -0.210. The summed E-state index contributed by atoms with van der Waals surface area (Å²) in [7, 11) is 0. The van der Waals surface area contributed by atoms with E-state index in [1.54, 1.807) is 17.0 Å². The van der Waals surface area contributed by atoms with Crippen LogP contribution < -0.4 is 5.73 Å². The normalized spacial score (nSPS) is 25.3. The molecule has 1 atom stereocenters. The van der Waals surface area contributed by atoms with Crippen molar-refractivity contribution >= 4 is 11.7 Å². The molecule has 2 fully saturated rings. The Balaban J connectivity index is 1.63. The van der Waals surface area contributed by atoms with E-state index >= 15 is 0 Å². The molecule has 1 aliphatic carbocycles. The van der Waals surface area contributed by atoms with Gasteiger partial charge in [-0.05, 0) is 25.0 Å². The van der Waals surface area contributed by atoms with Crippen molar-refractivity contribution in [2.45, 2.75) is 37.7 Å². The maximum atomic E-state index is 13.2. The topological polar surface area (TPSA) is 68.5 Å². The van der Waals surface area contributed by atoms with E-state index in [0.717, 1.165) is 0 Å². The molecule has 7 heteroatoms. The van der Waals surface area contributed by atoms with Gasteiger partial charge in [-0.1, -0.05) is 6.07 Å². The van der Waals surface area contributed by atoms with Crippen molar-refractivity contribution in [3.05, 3.63) is 23.9 Å². The summed E-state index contributed by atoms with van der Waals surface area (Å²) in [6.45, 7) is 1.29. The highest BCUT2D eigenvalue weighted by Gasteiger charge is 2.39. The Bertz CT molecular complexity index is 572. The van der Waals surface area contributed by atoms with Crippen LogP contribution in [0.2, 0.25) is 0 Å². The summed E-state index contributed by atoms with van der Waals surface area (Å²) in [5.74, 6) is -2.56. The molecule has 2 aliphatic rings. The second-order valence-corrected chi connectivity index (χ2v) is 6.26. The molecule has 2 heterocycles. The molecule has 1 saturated carbocycles. The van der Waals surface area contributed by atoms with Crippen molar-refractivity contribution in [3.8, 4) is 0 Å². The van der Waals surface area contributed by atoms with Gasteiger partial charge in [-0.15, -0.1) is 0 Å². The standard InChI is InChI=1S/C16H21F2N3O2/c17-16(18)6-4-11(5-7-16)15(22)21-8-9-23-13(10-21)12-2-1-3-14(19)20-12/h1-3,11,13H,4-10H2,(H2,19,20)/t13-/m0/s1. The molecule has 1 saturated heterocycles. The zero-order valence-corrected chi connectivity index (χ0v) is 12.9. The molecule has 3 rings (SSSR count). The van der Waals surface area contributed by atoms with Gasteiger partial charge in [0.1, 0.15) is 11.9 Å². The fraction of sp³-hybridized carbons (Fsp3) is 0.625. The van der Waals surface area contributed by atoms with Crippen molar-refractivity contribution < 1.29 is 18.3 Å². The van der Waals surface area contributed by atoms with Crippen molar-refractivity contribution in [2.75, 3.05) is 25.4 Å². The highest BCUT2D eigenvalue weighted by molar-refractivity contribution is 5.79. The summed E-state index contributed by atoms with van der Waals surface area (Å²) in [5.41, 5.74) is 6.38. The average molecular weight is 325 g/mol. The molecule has 0 aromatic carbocycles. The van der Waals surface area contributed by atoms with Crippen LogP contribution in [0.5, 0.6) is 0 Å². The van der Waals surface area contributed by atoms with Crippen LogP contribution >= 0.6 is 0 Å². The fourth-order valence-corrected chi connectivity index (χ4v) is 3.22. The number of carbonyl (C=O) groups excluding carboxylic acids is 1. The lowest BCUT2D eigenvalue weighted by molar-refractivity contribution is -0.147. The Morgan fingerprint density at radius 3 is 2.78 bits per heavy atom. The third-order valence-electron chi connectivity index (χ3n) is 4.57. The van der Waals surface area contributed by atoms with Gasteiger partial charge in [-0.3, -0.25) is 4.79 Å². The molecular weight excluding hydrogens is 304 g/mol. The number of aromatic nitrogens is 1. The first-order valence-corrected chi connectivity index (χ1v) is 7.95. The lowest BCUT2D eigenvalue weighted by atomic mass is 9.85.